The van der Waals surface area contributed by atoms with Gasteiger partial charge in [0.05, 0.1) is 0 Å². The lowest BCUT2D eigenvalue weighted by Crippen LogP contribution is -2.36. The lowest BCUT2D eigenvalue weighted by atomic mass is 10.1. The molecule has 1 aliphatic carbocycles. The molecule has 1 aliphatic rings. The van der Waals surface area contributed by atoms with Gasteiger partial charge in [-0.25, -0.2) is 0 Å². The molecule has 0 aliphatic heterocycles. The molecular formula is C15H26N2S. The molecule has 18 heavy (non-hydrogen) atoms. The SMILES string of the molecule is CC(CNC(C)C)CN(Cc1ccsc1)C1CC1. The Kier molecular flexibility index (Phi) is 5.22. The van der Waals surface area contributed by atoms with E-state index in [9.17, 15) is 0 Å². The summed E-state index contributed by atoms with van der Waals surface area (Å²) in [5.41, 5.74) is 1.48. The summed E-state index contributed by atoms with van der Waals surface area (Å²) < 4.78 is 0. The Balaban J connectivity index is 1.79. The normalized spacial score (nSPS) is 17.6. The van der Waals surface area contributed by atoms with Crippen molar-refractivity contribution in [1.29, 1.82) is 0 Å². The number of nitrogens with one attached hydrogen (secondary N) is 1. The number of thiophene rings is 1. The molecule has 3 heteroatoms. The highest BCUT2D eigenvalue weighted by molar-refractivity contribution is 7.07. The summed E-state index contributed by atoms with van der Waals surface area (Å²) in [5.74, 6) is 0.728. The largest absolute Gasteiger partial charge is 0.314 e. The van der Waals surface area contributed by atoms with E-state index in [-0.39, 0.29) is 0 Å². The third-order valence-corrected chi connectivity index (χ3v) is 4.18. The van der Waals surface area contributed by atoms with Gasteiger partial charge < -0.3 is 5.32 Å². The molecule has 1 atom stereocenters. The van der Waals surface area contributed by atoms with Crippen LogP contribution in [0.5, 0.6) is 0 Å². The fourth-order valence-electron chi connectivity index (χ4n) is 2.30. The summed E-state index contributed by atoms with van der Waals surface area (Å²) in [6, 6.07) is 3.71. The summed E-state index contributed by atoms with van der Waals surface area (Å²) in [6.07, 6.45) is 2.79. The van der Waals surface area contributed by atoms with Crippen molar-refractivity contribution in [3.05, 3.63) is 22.4 Å². The zero-order chi connectivity index (χ0) is 13.0. The number of hydrogen-bond acceptors (Lipinski definition) is 3. The lowest BCUT2D eigenvalue weighted by Gasteiger charge is -2.26. The molecule has 2 nitrogen and oxygen atoms in total. The average Bonchev–Trinajstić information content (AvgIpc) is 3.05. The van der Waals surface area contributed by atoms with Gasteiger partial charge in [0.25, 0.3) is 0 Å². The second-order valence-electron chi connectivity index (χ2n) is 5.96. The predicted molar refractivity (Wildman–Crippen MR) is 80.1 cm³/mol. The Labute approximate surface area is 115 Å². The van der Waals surface area contributed by atoms with Gasteiger partial charge in [0.1, 0.15) is 0 Å². The Hall–Kier alpha value is -0.380. The van der Waals surface area contributed by atoms with Gasteiger partial charge in [0.15, 0.2) is 0 Å². The highest BCUT2D eigenvalue weighted by Crippen LogP contribution is 2.29. The van der Waals surface area contributed by atoms with E-state index in [1.165, 1.54) is 24.9 Å². The number of rotatable bonds is 8. The highest BCUT2D eigenvalue weighted by atomic mass is 32.1. The van der Waals surface area contributed by atoms with E-state index in [1.807, 2.05) is 11.3 Å². The molecule has 1 N–H and O–H groups in total. The van der Waals surface area contributed by atoms with Crippen LogP contribution < -0.4 is 5.32 Å². The van der Waals surface area contributed by atoms with E-state index in [0.29, 0.717) is 6.04 Å². The van der Waals surface area contributed by atoms with Crippen LogP contribution in [0.25, 0.3) is 0 Å². The minimum atomic E-state index is 0.596. The minimum absolute atomic E-state index is 0.596. The fraction of sp³-hybridized carbons (Fsp3) is 0.733. The van der Waals surface area contributed by atoms with Crippen molar-refractivity contribution in [2.45, 2.75) is 52.2 Å². The van der Waals surface area contributed by atoms with Crippen LogP contribution in [0.2, 0.25) is 0 Å². The summed E-state index contributed by atoms with van der Waals surface area (Å²) in [5, 5.41) is 8.01. The quantitative estimate of drug-likeness (QED) is 0.776. The first-order valence-electron chi connectivity index (χ1n) is 7.13. The first-order chi connectivity index (χ1) is 8.65. The van der Waals surface area contributed by atoms with Crippen molar-refractivity contribution in [1.82, 2.24) is 10.2 Å². The van der Waals surface area contributed by atoms with Gasteiger partial charge in [0, 0.05) is 25.2 Å². The molecule has 2 rings (SSSR count). The average molecular weight is 266 g/mol. The Morgan fingerprint density at radius 2 is 2.17 bits per heavy atom. The van der Waals surface area contributed by atoms with E-state index in [2.05, 4.69) is 47.8 Å². The molecule has 1 unspecified atom stereocenters. The van der Waals surface area contributed by atoms with Gasteiger partial charge in [-0.3, -0.25) is 4.90 Å². The van der Waals surface area contributed by atoms with E-state index in [1.54, 1.807) is 0 Å². The van der Waals surface area contributed by atoms with Crippen LogP contribution in [-0.4, -0.2) is 30.1 Å². The van der Waals surface area contributed by atoms with Crippen LogP contribution in [0.4, 0.5) is 0 Å². The Morgan fingerprint density at radius 3 is 2.72 bits per heavy atom. The van der Waals surface area contributed by atoms with Gasteiger partial charge in [-0.2, -0.15) is 11.3 Å². The maximum Gasteiger partial charge on any atom is 0.0245 e. The molecule has 102 valence electrons. The molecule has 1 heterocycles. The van der Waals surface area contributed by atoms with Crippen molar-refractivity contribution in [3.63, 3.8) is 0 Å². The second kappa shape index (κ2) is 6.69. The molecule has 0 radical (unpaired) electrons. The summed E-state index contributed by atoms with van der Waals surface area (Å²) in [7, 11) is 0. The molecule has 0 aromatic carbocycles. The second-order valence-corrected chi connectivity index (χ2v) is 6.74. The van der Waals surface area contributed by atoms with Gasteiger partial charge in [-0.1, -0.05) is 20.8 Å². The van der Waals surface area contributed by atoms with Crippen LogP contribution >= 0.6 is 11.3 Å². The number of nitrogens with zero attached hydrogens (tertiary/aromatic N) is 1. The Bertz CT molecular complexity index is 330. The molecule has 0 spiro atoms. The van der Waals surface area contributed by atoms with Crippen LogP contribution in [-0.2, 0) is 6.54 Å². The van der Waals surface area contributed by atoms with E-state index in [4.69, 9.17) is 0 Å². The smallest absolute Gasteiger partial charge is 0.0245 e. The van der Waals surface area contributed by atoms with E-state index >= 15 is 0 Å². The molecule has 0 amide bonds. The monoisotopic (exact) mass is 266 g/mol. The summed E-state index contributed by atoms with van der Waals surface area (Å²) in [6.45, 7) is 10.3. The minimum Gasteiger partial charge on any atom is -0.314 e. The van der Waals surface area contributed by atoms with Crippen LogP contribution in [0, 0.1) is 5.92 Å². The fourth-order valence-corrected chi connectivity index (χ4v) is 2.96. The molecule has 1 aromatic rings. The Morgan fingerprint density at radius 1 is 1.39 bits per heavy atom. The van der Waals surface area contributed by atoms with Crippen LogP contribution in [0.15, 0.2) is 16.8 Å². The highest BCUT2D eigenvalue weighted by Gasteiger charge is 2.29. The maximum absolute atomic E-state index is 3.54. The third kappa shape index (κ3) is 4.71. The van der Waals surface area contributed by atoms with Crippen molar-refractivity contribution in [2.24, 2.45) is 5.92 Å². The van der Waals surface area contributed by atoms with Gasteiger partial charge >= 0.3 is 0 Å². The topological polar surface area (TPSA) is 15.3 Å². The van der Waals surface area contributed by atoms with Crippen molar-refractivity contribution in [3.8, 4) is 0 Å². The zero-order valence-electron chi connectivity index (χ0n) is 11.9. The van der Waals surface area contributed by atoms with Crippen molar-refractivity contribution >= 4 is 11.3 Å². The lowest BCUT2D eigenvalue weighted by molar-refractivity contribution is 0.215. The standard InChI is InChI=1S/C15H26N2S/c1-12(2)16-8-13(3)9-17(15-4-5-15)10-14-6-7-18-11-14/h6-7,11-13,15-16H,4-5,8-10H2,1-3H3. The molecule has 0 saturated heterocycles. The maximum atomic E-state index is 3.54. The first-order valence-corrected chi connectivity index (χ1v) is 8.08. The van der Waals surface area contributed by atoms with Crippen LogP contribution in [0.1, 0.15) is 39.2 Å². The van der Waals surface area contributed by atoms with Crippen molar-refractivity contribution in [2.75, 3.05) is 13.1 Å². The molecule has 0 bridgehead atoms. The summed E-state index contributed by atoms with van der Waals surface area (Å²) in [4.78, 5) is 2.68. The third-order valence-electron chi connectivity index (χ3n) is 3.45. The zero-order valence-corrected chi connectivity index (χ0v) is 12.7. The molecule has 1 saturated carbocycles. The van der Waals surface area contributed by atoms with E-state index < -0.39 is 0 Å². The molecule has 1 aromatic heterocycles. The van der Waals surface area contributed by atoms with Gasteiger partial charge in [-0.15, -0.1) is 0 Å². The molecular weight excluding hydrogens is 240 g/mol. The van der Waals surface area contributed by atoms with E-state index in [0.717, 1.165) is 25.0 Å². The first kappa shape index (κ1) is 14.0. The predicted octanol–water partition coefficient (Wildman–Crippen LogP) is 3.35. The molecule has 1 fully saturated rings. The van der Waals surface area contributed by atoms with Crippen molar-refractivity contribution < 1.29 is 0 Å². The van der Waals surface area contributed by atoms with Gasteiger partial charge in [-0.05, 0) is 47.7 Å². The van der Waals surface area contributed by atoms with Crippen LogP contribution in [0.3, 0.4) is 0 Å². The number of hydrogen-bond donors (Lipinski definition) is 1. The summed E-state index contributed by atoms with van der Waals surface area (Å²) >= 11 is 1.81. The van der Waals surface area contributed by atoms with Gasteiger partial charge in [0.2, 0.25) is 0 Å².